The second-order valence-electron chi connectivity index (χ2n) is 6.08. The molecule has 1 aliphatic rings. The van der Waals surface area contributed by atoms with E-state index in [2.05, 4.69) is 22.4 Å². The normalized spacial score (nSPS) is 15.2. The maximum absolute atomic E-state index is 12.3. The number of rotatable bonds is 7. The van der Waals surface area contributed by atoms with Crippen LogP contribution in [0.3, 0.4) is 0 Å². The second-order valence-corrected chi connectivity index (χ2v) is 6.08. The first kappa shape index (κ1) is 15.5. The van der Waals surface area contributed by atoms with E-state index in [1.807, 2.05) is 0 Å². The average Bonchev–Trinajstić information content (AvgIpc) is 3.25. The molecule has 0 spiro atoms. The molecule has 1 N–H and O–H groups in total. The van der Waals surface area contributed by atoms with Crippen LogP contribution in [0.2, 0.25) is 0 Å². The molecular formula is C17H21N3O3. The molecule has 1 aliphatic carbocycles. The molecule has 0 saturated heterocycles. The van der Waals surface area contributed by atoms with Gasteiger partial charge in [-0.3, -0.25) is 4.79 Å². The average molecular weight is 315 g/mol. The molecule has 1 aromatic heterocycles. The Bertz CT molecular complexity index is 692. The van der Waals surface area contributed by atoms with Gasteiger partial charge in [0.25, 0.3) is 5.91 Å². The summed E-state index contributed by atoms with van der Waals surface area (Å²) >= 11 is 0. The van der Waals surface area contributed by atoms with Gasteiger partial charge in [-0.15, -0.1) is 0 Å². The number of nitrogens with zero attached hydrogens (tertiary/aromatic N) is 2. The van der Waals surface area contributed by atoms with E-state index in [-0.39, 0.29) is 12.5 Å². The summed E-state index contributed by atoms with van der Waals surface area (Å²) in [5, 5.41) is 6.79. The summed E-state index contributed by atoms with van der Waals surface area (Å²) in [6.07, 6.45) is 3.52. The fourth-order valence-corrected chi connectivity index (χ4v) is 2.48. The van der Waals surface area contributed by atoms with E-state index < -0.39 is 0 Å². The first-order valence-electron chi connectivity index (χ1n) is 7.90. The van der Waals surface area contributed by atoms with Crippen LogP contribution in [0.4, 0.5) is 0 Å². The van der Waals surface area contributed by atoms with Gasteiger partial charge in [0.2, 0.25) is 11.7 Å². The number of benzene rings is 1. The van der Waals surface area contributed by atoms with E-state index in [0.29, 0.717) is 28.4 Å². The third-order valence-corrected chi connectivity index (χ3v) is 4.36. The molecule has 1 fully saturated rings. The maximum atomic E-state index is 12.3. The zero-order valence-corrected chi connectivity index (χ0v) is 13.5. The van der Waals surface area contributed by atoms with E-state index in [4.69, 9.17) is 9.26 Å². The third-order valence-electron chi connectivity index (χ3n) is 4.36. The van der Waals surface area contributed by atoms with Gasteiger partial charge in [-0.25, -0.2) is 0 Å². The smallest absolute Gasteiger partial charge is 0.251 e. The summed E-state index contributed by atoms with van der Waals surface area (Å²) in [6.45, 7) is 4.86. The summed E-state index contributed by atoms with van der Waals surface area (Å²) in [4.78, 5) is 16.3. The van der Waals surface area contributed by atoms with E-state index in [0.717, 1.165) is 13.0 Å². The zero-order chi connectivity index (χ0) is 16.3. The molecule has 2 aromatic rings. The van der Waals surface area contributed by atoms with Crippen molar-refractivity contribution >= 4 is 5.91 Å². The fourth-order valence-electron chi connectivity index (χ4n) is 2.48. The van der Waals surface area contributed by atoms with Crippen LogP contribution in [0.5, 0.6) is 5.75 Å². The van der Waals surface area contributed by atoms with Gasteiger partial charge in [0.15, 0.2) is 6.61 Å². The van der Waals surface area contributed by atoms with Crippen molar-refractivity contribution in [1.29, 1.82) is 0 Å². The summed E-state index contributed by atoms with van der Waals surface area (Å²) in [6, 6.07) is 7.12. The summed E-state index contributed by atoms with van der Waals surface area (Å²) in [5.41, 5.74) is 0.930. The molecule has 0 unspecified atom stereocenters. The Morgan fingerprint density at radius 2 is 2.26 bits per heavy atom. The molecule has 6 nitrogen and oxygen atoms in total. The van der Waals surface area contributed by atoms with Crippen LogP contribution in [-0.4, -0.2) is 22.6 Å². The van der Waals surface area contributed by atoms with Gasteiger partial charge < -0.3 is 14.6 Å². The minimum atomic E-state index is -0.0643. The molecule has 0 bridgehead atoms. The zero-order valence-electron chi connectivity index (χ0n) is 13.5. The Labute approximate surface area is 135 Å². The number of hydrogen-bond acceptors (Lipinski definition) is 5. The molecule has 0 aliphatic heterocycles. The SMILES string of the molecule is CCC1(CNC(=O)c2cccc(OCc3noc(C)n3)c2)CC1. The Morgan fingerprint density at radius 3 is 2.91 bits per heavy atom. The van der Waals surface area contributed by atoms with E-state index >= 15 is 0 Å². The number of amides is 1. The van der Waals surface area contributed by atoms with Gasteiger partial charge in [0.05, 0.1) is 0 Å². The summed E-state index contributed by atoms with van der Waals surface area (Å²) in [5.74, 6) is 1.53. The largest absolute Gasteiger partial charge is 0.485 e. The third kappa shape index (κ3) is 3.88. The standard InChI is InChI=1S/C17H21N3O3/c1-3-17(7-8-17)11-18-16(21)13-5-4-6-14(9-13)22-10-15-19-12(2)23-20-15/h4-6,9H,3,7-8,10-11H2,1-2H3,(H,18,21). The molecule has 1 saturated carbocycles. The van der Waals surface area contributed by atoms with Crippen molar-refractivity contribution in [2.24, 2.45) is 5.41 Å². The topological polar surface area (TPSA) is 77.2 Å². The lowest BCUT2D eigenvalue weighted by molar-refractivity contribution is 0.0944. The van der Waals surface area contributed by atoms with Crippen molar-refractivity contribution in [3.63, 3.8) is 0 Å². The second kappa shape index (κ2) is 6.40. The number of nitrogens with one attached hydrogen (secondary N) is 1. The van der Waals surface area contributed by atoms with Crippen LogP contribution < -0.4 is 10.1 Å². The molecule has 1 aromatic carbocycles. The first-order valence-corrected chi connectivity index (χ1v) is 7.90. The number of ether oxygens (including phenoxy) is 1. The monoisotopic (exact) mass is 315 g/mol. The van der Waals surface area contributed by atoms with Crippen LogP contribution in [0.25, 0.3) is 0 Å². The summed E-state index contributed by atoms with van der Waals surface area (Å²) in [7, 11) is 0. The maximum Gasteiger partial charge on any atom is 0.251 e. The molecule has 3 rings (SSSR count). The van der Waals surface area contributed by atoms with Crippen LogP contribution in [0.1, 0.15) is 48.3 Å². The van der Waals surface area contributed by atoms with Crippen molar-refractivity contribution in [3.8, 4) is 5.75 Å². The minimum absolute atomic E-state index is 0.0643. The lowest BCUT2D eigenvalue weighted by Crippen LogP contribution is -2.29. The molecule has 122 valence electrons. The first-order chi connectivity index (χ1) is 11.1. The highest BCUT2D eigenvalue weighted by molar-refractivity contribution is 5.94. The number of aryl methyl sites for hydroxylation is 1. The Hall–Kier alpha value is -2.37. The molecule has 0 radical (unpaired) electrons. The molecule has 1 heterocycles. The van der Waals surface area contributed by atoms with Crippen molar-refractivity contribution in [3.05, 3.63) is 41.5 Å². The quantitative estimate of drug-likeness (QED) is 0.850. The van der Waals surface area contributed by atoms with Crippen LogP contribution in [0.15, 0.2) is 28.8 Å². The van der Waals surface area contributed by atoms with Gasteiger partial charge in [-0.2, -0.15) is 4.98 Å². The van der Waals surface area contributed by atoms with Gasteiger partial charge in [0, 0.05) is 19.0 Å². The van der Waals surface area contributed by atoms with E-state index in [1.165, 1.54) is 12.8 Å². The molecule has 6 heteroatoms. The van der Waals surface area contributed by atoms with Crippen LogP contribution in [-0.2, 0) is 6.61 Å². The van der Waals surface area contributed by atoms with E-state index in [1.54, 1.807) is 31.2 Å². The highest BCUT2D eigenvalue weighted by atomic mass is 16.5. The van der Waals surface area contributed by atoms with Crippen molar-refractivity contribution in [2.45, 2.75) is 39.7 Å². The highest BCUT2D eigenvalue weighted by Crippen LogP contribution is 2.47. The van der Waals surface area contributed by atoms with Gasteiger partial charge in [-0.05, 0) is 42.9 Å². The predicted molar refractivity (Wildman–Crippen MR) is 84.1 cm³/mol. The molecule has 0 atom stereocenters. The predicted octanol–water partition coefficient (Wildman–Crippen LogP) is 2.88. The van der Waals surface area contributed by atoms with Gasteiger partial charge in [0.1, 0.15) is 5.75 Å². The molecular weight excluding hydrogens is 294 g/mol. The lowest BCUT2D eigenvalue weighted by atomic mass is 10.0. The molecule has 1 amide bonds. The molecule has 23 heavy (non-hydrogen) atoms. The van der Waals surface area contributed by atoms with Crippen LogP contribution >= 0.6 is 0 Å². The Morgan fingerprint density at radius 1 is 1.43 bits per heavy atom. The van der Waals surface area contributed by atoms with Crippen molar-refractivity contribution in [1.82, 2.24) is 15.5 Å². The van der Waals surface area contributed by atoms with Crippen molar-refractivity contribution < 1.29 is 14.1 Å². The number of carbonyl (C=O) groups excluding carboxylic acids is 1. The lowest BCUT2D eigenvalue weighted by Gasteiger charge is -2.13. The number of hydrogen-bond donors (Lipinski definition) is 1. The number of aromatic nitrogens is 2. The van der Waals surface area contributed by atoms with E-state index in [9.17, 15) is 4.79 Å². The van der Waals surface area contributed by atoms with Gasteiger partial charge >= 0.3 is 0 Å². The van der Waals surface area contributed by atoms with Crippen molar-refractivity contribution in [2.75, 3.05) is 6.54 Å². The Kier molecular flexibility index (Phi) is 4.32. The minimum Gasteiger partial charge on any atom is -0.485 e. The fraction of sp³-hybridized carbons (Fsp3) is 0.471. The summed E-state index contributed by atoms with van der Waals surface area (Å²) < 4.78 is 10.5. The van der Waals surface area contributed by atoms with Crippen LogP contribution in [0, 0.1) is 12.3 Å². The Balaban J connectivity index is 1.57. The highest BCUT2D eigenvalue weighted by Gasteiger charge is 2.40. The van der Waals surface area contributed by atoms with Gasteiger partial charge in [-0.1, -0.05) is 18.1 Å². The number of carbonyl (C=O) groups is 1.